The number of amides is 1. The van der Waals surface area contributed by atoms with Crippen molar-refractivity contribution in [2.24, 2.45) is 7.05 Å². The molecule has 0 saturated carbocycles. The molecule has 0 aliphatic heterocycles. The number of pyridine rings is 1. The zero-order chi connectivity index (χ0) is 24.1. The van der Waals surface area contributed by atoms with Crippen molar-refractivity contribution in [2.45, 2.75) is 42.8 Å². The van der Waals surface area contributed by atoms with Gasteiger partial charge in [-0.1, -0.05) is 79.2 Å². The van der Waals surface area contributed by atoms with Crippen molar-refractivity contribution >= 4 is 17.7 Å². The van der Waals surface area contributed by atoms with Crippen LogP contribution in [0.1, 0.15) is 42.5 Å². The summed E-state index contributed by atoms with van der Waals surface area (Å²) in [4.78, 5) is 18.4. The largest absolute Gasteiger partial charge is 0.349 e. The van der Waals surface area contributed by atoms with E-state index in [9.17, 15) is 4.79 Å². The molecule has 1 amide bonds. The van der Waals surface area contributed by atoms with Gasteiger partial charge in [-0.05, 0) is 47.2 Å². The molecule has 5 rings (SSSR count). The maximum absolute atomic E-state index is 14.0. The molecule has 1 aliphatic carbocycles. The minimum absolute atomic E-state index is 0.0500. The number of aryl methyl sites for hydroxylation is 1. The van der Waals surface area contributed by atoms with Crippen molar-refractivity contribution in [1.82, 2.24) is 25.1 Å². The van der Waals surface area contributed by atoms with Crippen LogP contribution in [-0.4, -0.2) is 31.4 Å². The van der Waals surface area contributed by atoms with Crippen LogP contribution in [0, 0.1) is 0 Å². The van der Waals surface area contributed by atoms with E-state index in [0.29, 0.717) is 6.54 Å². The number of fused-ring (bicyclic) bond motifs is 3. The first kappa shape index (κ1) is 23.3. The lowest BCUT2D eigenvalue weighted by Crippen LogP contribution is -2.44. The van der Waals surface area contributed by atoms with Crippen LogP contribution in [0.5, 0.6) is 0 Å². The number of carbonyl (C=O) groups excluding carboxylic acids is 1. The van der Waals surface area contributed by atoms with Crippen molar-refractivity contribution in [3.63, 3.8) is 0 Å². The molecule has 6 nitrogen and oxygen atoms in total. The summed E-state index contributed by atoms with van der Waals surface area (Å²) in [6.45, 7) is 0.417. The van der Waals surface area contributed by atoms with Crippen LogP contribution < -0.4 is 5.32 Å². The number of nitrogens with one attached hydrogen (secondary N) is 1. The van der Waals surface area contributed by atoms with E-state index in [1.54, 1.807) is 24.3 Å². The van der Waals surface area contributed by atoms with E-state index < -0.39 is 5.41 Å². The third kappa shape index (κ3) is 4.60. The summed E-state index contributed by atoms with van der Waals surface area (Å²) in [7, 11) is 1.96. The van der Waals surface area contributed by atoms with E-state index in [4.69, 9.17) is 0 Å². The molecular weight excluding hydrogens is 454 g/mol. The van der Waals surface area contributed by atoms with E-state index in [-0.39, 0.29) is 5.91 Å². The van der Waals surface area contributed by atoms with Crippen LogP contribution in [-0.2, 0) is 23.8 Å². The number of hydrogen-bond acceptors (Lipinski definition) is 5. The van der Waals surface area contributed by atoms with Crippen molar-refractivity contribution in [3.05, 3.63) is 96.1 Å². The average molecular weight is 484 g/mol. The smallest absolute Gasteiger partial charge is 0.235 e. The normalized spacial score (nSPS) is 13.3. The summed E-state index contributed by atoms with van der Waals surface area (Å²) in [6.07, 6.45) is 7.32. The molecule has 0 saturated heterocycles. The highest BCUT2D eigenvalue weighted by Gasteiger charge is 2.48. The Morgan fingerprint density at radius 1 is 0.943 bits per heavy atom. The second kappa shape index (κ2) is 10.4. The Labute approximate surface area is 210 Å². The van der Waals surface area contributed by atoms with Gasteiger partial charge in [-0.3, -0.25) is 9.78 Å². The molecule has 0 radical (unpaired) electrons. The first-order chi connectivity index (χ1) is 17.2. The number of rotatable bonds is 10. The topological polar surface area (TPSA) is 72.7 Å². The number of carbonyl (C=O) groups is 1. The van der Waals surface area contributed by atoms with Gasteiger partial charge in [-0.25, -0.2) is 0 Å². The van der Waals surface area contributed by atoms with Gasteiger partial charge in [-0.2, -0.15) is 0 Å². The monoisotopic (exact) mass is 483 g/mol. The van der Waals surface area contributed by atoms with Crippen molar-refractivity contribution < 1.29 is 4.79 Å². The lowest BCUT2D eigenvalue weighted by molar-refractivity contribution is -0.125. The number of thioether (sulfide) groups is 1. The Morgan fingerprint density at radius 2 is 1.66 bits per heavy atom. The van der Waals surface area contributed by atoms with Crippen molar-refractivity contribution in [1.29, 1.82) is 0 Å². The quantitative estimate of drug-likeness (QED) is 0.250. The molecule has 1 aliphatic rings. The number of aromatic nitrogens is 4. The van der Waals surface area contributed by atoms with Crippen LogP contribution in [0.2, 0.25) is 0 Å². The fourth-order valence-electron chi connectivity index (χ4n) is 5.01. The molecule has 0 unspecified atom stereocenters. The second-order valence-corrected chi connectivity index (χ2v) is 9.95. The van der Waals surface area contributed by atoms with Gasteiger partial charge in [0.25, 0.3) is 0 Å². The summed E-state index contributed by atoms with van der Waals surface area (Å²) in [5.41, 5.74) is 4.69. The molecule has 4 aromatic rings. The van der Waals surface area contributed by atoms with Crippen LogP contribution in [0.3, 0.4) is 0 Å². The second-order valence-electron chi connectivity index (χ2n) is 8.88. The minimum Gasteiger partial charge on any atom is -0.349 e. The van der Waals surface area contributed by atoms with Gasteiger partial charge in [-0.15, -0.1) is 10.2 Å². The summed E-state index contributed by atoms with van der Waals surface area (Å²) < 4.78 is 1.94. The third-order valence-electron chi connectivity index (χ3n) is 6.70. The molecule has 0 fully saturated rings. The molecule has 0 atom stereocenters. The predicted molar refractivity (Wildman–Crippen MR) is 139 cm³/mol. The summed E-state index contributed by atoms with van der Waals surface area (Å²) in [5.74, 6) is 1.03. The van der Waals surface area contributed by atoms with E-state index in [2.05, 4.69) is 56.9 Å². The predicted octanol–water partition coefficient (Wildman–Crippen LogP) is 5.15. The SMILES string of the molecule is Cn1cnnc1SCCCCCC1(C(=O)NCc2ccccn2)c2ccccc2-c2ccccc21. The molecule has 7 heteroatoms. The molecule has 2 aromatic carbocycles. The third-order valence-corrected chi connectivity index (χ3v) is 7.83. The van der Waals surface area contributed by atoms with Gasteiger partial charge in [0, 0.05) is 19.0 Å². The highest BCUT2D eigenvalue weighted by molar-refractivity contribution is 7.99. The van der Waals surface area contributed by atoms with Gasteiger partial charge >= 0.3 is 0 Å². The van der Waals surface area contributed by atoms with E-state index in [0.717, 1.165) is 64.5 Å². The lowest BCUT2D eigenvalue weighted by Gasteiger charge is -2.31. The number of benzene rings is 2. The van der Waals surface area contributed by atoms with Crippen LogP contribution in [0.4, 0.5) is 0 Å². The molecule has 35 heavy (non-hydrogen) atoms. The highest BCUT2D eigenvalue weighted by Crippen LogP contribution is 2.51. The molecule has 0 bridgehead atoms. The van der Waals surface area contributed by atoms with Crippen LogP contribution in [0.15, 0.2) is 84.4 Å². The maximum atomic E-state index is 14.0. The Bertz CT molecular complexity index is 1260. The molecular formula is C28H29N5OS. The van der Waals surface area contributed by atoms with Gasteiger partial charge < -0.3 is 9.88 Å². The summed E-state index contributed by atoms with van der Waals surface area (Å²) in [6, 6.07) is 22.5. The van der Waals surface area contributed by atoms with Gasteiger partial charge in [0.1, 0.15) is 11.7 Å². The zero-order valence-electron chi connectivity index (χ0n) is 19.9. The number of nitrogens with zero attached hydrogens (tertiary/aromatic N) is 4. The van der Waals surface area contributed by atoms with Crippen molar-refractivity contribution in [3.8, 4) is 11.1 Å². The zero-order valence-corrected chi connectivity index (χ0v) is 20.7. The summed E-state index contributed by atoms with van der Waals surface area (Å²) in [5, 5.41) is 12.2. The Kier molecular flexibility index (Phi) is 6.95. The van der Waals surface area contributed by atoms with E-state index in [1.807, 2.05) is 41.9 Å². The molecule has 2 aromatic heterocycles. The van der Waals surface area contributed by atoms with Crippen molar-refractivity contribution in [2.75, 3.05) is 5.75 Å². The molecule has 1 N–H and O–H groups in total. The molecule has 2 heterocycles. The molecule has 178 valence electrons. The Morgan fingerprint density at radius 3 is 2.31 bits per heavy atom. The Balaban J connectivity index is 1.35. The maximum Gasteiger partial charge on any atom is 0.235 e. The van der Waals surface area contributed by atoms with E-state index in [1.165, 1.54) is 0 Å². The van der Waals surface area contributed by atoms with Gasteiger partial charge in [0.05, 0.1) is 12.2 Å². The average Bonchev–Trinajstić information content (AvgIpc) is 3.44. The highest BCUT2D eigenvalue weighted by atomic mass is 32.2. The van der Waals surface area contributed by atoms with Crippen LogP contribution >= 0.6 is 11.8 Å². The fourth-order valence-corrected chi connectivity index (χ4v) is 5.90. The Hall–Kier alpha value is -3.45. The van der Waals surface area contributed by atoms with E-state index >= 15 is 0 Å². The first-order valence-corrected chi connectivity index (χ1v) is 13.0. The molecule has 0 spiro atoms. The first-order valence-electron chi connectivity index (χ1n) is 12.0. The minimum atomic E-state index is -0.696. The summed E-state index contributed by atoms with van der Waals surface area (Å²) >= 11 is 1.73. The number of unbranched alkanes of at least 4 members (excludes halogenated alkanes) is 2. The lowest BCUT2D eigenvalue weighted by atomic mass is 9.73. The van der Waals surface area contributed by atoms with Crippen LogP contribution in [0.25, 0.3) is 11.1 Å². The van der Waals surface area contributed by atoms with Gasteiger partial charge in [0.15, 0.2) is 5.16 Å². The van der Waals surface area contributed by atoms with Gasteiger partial charge in [0.2, 0.25) is 5.91 Å². The standard InChI is InChI=1S/C28H29N5OS/c1-33-20-31-32-27(33)35-18-10-2-8-16-28(26(34)30-19-21-11-7-9-17-29-21)24-14-5-3-12-22(24)23-13-4-6-15-25(23)28/h3-7,9,11-15,17,20H,2,8,10,16,18-19H2,1H3,(H,30,34). The fraction of sp³-hybridized carbons (Fsp3) is 0.286. The number of hydrogen-bond donors (Lipinski definition) is 1.